The Bertz CT molecular complexity index is 314. The molecule has 16 heavy (non-hydrogen) atoms. The third kappa shape index (κ3) is 4.70. The molecule has 1 aromatic heterocycles. The third-order valence-electron chi connectivity index (χ3n) is 1.89. The Hall–Kier alpha value is -1.69. The van der Waals surface area contributed by atoms with Crippen molar-refractivity contribution in [2.45, 2.75) is 6.54 Å². The predicted molar refractivity (Wildman–Crippen MR) is 60.8 cm³/mol. The fourth-order valence-corrected chi connectivity index (χ4v) is 1.04. The zero-order valence-corrected chi connectivity index (χ0v) is 9.60. The van der Waals surface area contributed by atoms with Crippen LogP contribution in [0.4, 0.5) is 4.79 Å². The van der Waals surface area contributed by atoms with Crippen LogP contribution in [0.2, 0.25) is 0 Å². The van der Waals surface area contributed by atoms with Gasteiger partial charge in [-0.25, -0.2) is 14.8 Å². The van der Waals surface area contributed by atoms with Crippen molar-refractivity contribution in [1.29, 1.82) is 0 Å². The quantitative estimate of drug-likeness (QED) is 0.680. The van der Waals surface area contributed by atoms with Crippen molar-refractivity contribution >= 4 is 6.03 Å². The van der Waals surface area contributed by atoms with Crippen LogP contribution in [0, 0.1) is 0 Å². The number of carbonyl (C=O) groups is 1. The first-order chi connectivity index (χ1) is 7.70. The molecule has 0 unspecified atom stereocenters. The number of aromatic nitrogens is 2. The predicted octanol–water partition coefficient (Wildman–Crippen LogP) is -0.163. The summed E-state index contributed by atoms with van der Waals surface area (Å²) < 4.78 is 0. The SMILES string of the molecule is CN(C)C(=O)NCCNCc1ncccn1. The summed E-state index contributed by atoms with van der Waals surface area (Å²) in [5, 5.41) is 5.89. The van der Waals surface area contributed by atoms with Crippen LogP contribution >= 0.6 is 0 Å². The molecule has 0 radical (unpaired) electrons. The standard InChI is InChI=1S/C10H17N5O/c1-15(2)10(16)14-7-6-11-8-9-12-4-3-5-13-9/h3-5,11H,6-8H2,1-2H3,(H,14,16). The van der Waals surface area contributed by atoms with Gasteiger partial charge in [-0.3, -0.25) is 0 Å². The average molecular weight is 223 g/mol. The molecule has 0 saturated heterocycles. The van der Waals surface area contributed by atoms with Crippen LogP contribution in [-0.4, -0.2) is 48.1 Å². The Kier molecular flexibility index (Phi) is 5.21. The number of nitrogens with zero attached hydrogens (tertiary/aromatic N) is 3. The Morgan fingerprint density at radius 1 is 1.31 bits per heavy atom. The van der Waals surface area contributed by atoms with Gasteiger partial charge in [-0.15, -0.1) is 0 Å². The lowest BCUT2D eigenvalue weighted by Gasteiger charge is -2.11. The van der Waals surface area contributed by atoms with Crippen molar-refractivity contribution < 1.29 is 4.79 Å². The van der Waals surface area contributed by atoms with E-state index in [1.54, 1.807) is 32.6 Å². The molecule has 1 heterocycles. The first kappa shape index (κ1) is 12.4. The number of hydrogen-bond donors (Lipinski definition) is 2. The maximum absolute atomic E-state index is 11.1. The molecule has 0 aliphatic heterocycles. The van der Waals surface area contributed by atoms with Gasteiger partial charge in [0.05, 0.1) is 6.54 Å². The fraction of sp³-hybridized carbons (Fsp3) is 0.500. The van der Waals surface area contributed by atoms with E-state index >= 15 is 0 Å². The van der Waals surface area contributed by atoms with Crippen molar-refractivity contribution in [2.75, 3.05) is 27.2 Å². The number of nitrogens with one attached hydrogen (secondary N) is 2. The van der Waals surface area contributed by atoms with Gasteiger partial charge in [0, 0.05) is 39.6 Å². The van der Waals surface area contributed by atoms with E-state index in [9.17, 15) is 4.79 Å². The summed E-state index contributed by atoms with van der Waals surface area (Å²) in [4.78, 5) is 20.8. The highest BCUT2D eigenvalue weighted by Gasteiger charge is 2.00. The van der Waals surface area contributed by atoms with Crippen molar-refractivity contribution in [1.82, 2.24) is 25.5 Å². The molecular weight excluding hydrogens is 206 g/mol. The minimum absolute atomic E-state index is 0.0854. The Morgan fingerprint density at radius 2 is 2.00 bits per heavy atom. The van der Waals surface area contributed by atoms with Gasteiger partial charge >= 0.3 is 6.03 Å². The maximum atomic E-state index is 11.1. The Balaban J connectivity index is 2.07. The lowest BCUT2D eigenvalue weighted by molar-refractivity contribution is 0.217. The molecule has 0 aliphatic rings. The second-order valence-corrected chi connectivity index (χ2v) is 3.47. The normalized spacial score (nSPS) is 9.88. The number of carbonyl (C=O) groups excluding carboxylic acids is 1. The van der Waals surface area contributed by atoms with Crippen LogP contribution in [0.1, 0.15) is 5.82 Å². The summed E-state index contributed by atoms with van der Waals surface area (Å²) >= 11 is 0. The van der Waals surface area contributed by atoms with E-state index in [2.05, 4.69) is 20.6 Å². The summed E-state index contributed by atoms with van der Waals surface area (Å²) in [5.74, 6) is 0.751. The minimum atomic E-state index is -0.0854. The molecule has 1 rings (SSSR count). The molecule has 2 amide bonds. The van der Waals surface area contributed by atoms with Crippen LogP contribution in [0.3, 0.4) is 0 Å². The van der Waals surface area contributed by atoms with Gasteiger partial charge in [-0.2, -0.15) is 0 Å². The fourth-order valence-electron chi connectivity index (χ4n) is 1.04. The lowest BCUT2D eigenvalue weighted by atomic mass is 10.5. The summed E-state index contributed by atoms with van der Waals surface area (Å²) in [6, 6.07) is 1.69. The molecule has 0 aromatic carbocycles. The number of rotatable bonds is 5. The second-order valence-electron chi connectivity index (χ2n) is 3.47. The highest BCUT2D eigenvalue weighted by molar-refractivity contribution is 5.73. The maximum Gasteiger partial charge on any atom is 0.316 e. The summed E-state index contributed by atoms with van der Waals surface area (Å²) in [7, 11) is 3.42. The van der Waals surface area contributed by atoms with Crippen molar-refractivity contribution in [3.05, 3.63) is 24.3 Å². The van der Waals surface area contributed by atoms with E-state index in [0.717, 1.165) is 5.82 Å². The van der Waals surface area contributed by atoms with E-state index < -0.39 is 0 Å². The number of urea groups is 1. The summed E-state index contributed by atoms with van der Waals surface area (Å²) in [5.41, 5.74) is 0. The molecular formula is C10H17N5O. The molecule has 0 aliphatic carbocycles. The van der Waals surface area contributed by atoms with Gasteiger partial charge in [0.15, 0.2) is 0 Å². The smallest absolute Gasteiger partial charge is 0.316 e. The molecule has 6 heteroatoms. The van der Waals surface area contributed by atoms with Gasteiger partial charge in [0.25, 0.3) is 0 Å². The van der Waals surface area contributed by atoms with E-state index in [-0.39, 0.29) is 6.03 Å². The molecule has 6 nitrogen and oxygen atoms in total. The zero-order valence-electron chi connectivity index (χ0n) is 9.60. The van der Waals surface area contributed by atoms with E-state index in [4.69, 9.17) is 0 Å². The molecule has 1 aromatic rings. The van der Waals surface area contributed by atoms with Gasteiger partial charge in [0.1, 0.15) is 5.82 Å². The number of hydrogen-bond acceptors (Lipinski definition) is 4. The van der Waals surface area contributed by atoms with Crippen molar-refractivity contribution in [3.63, 3.8) is 0 Å². The zero-order chi connectivity index (χ0) is 11.8. The molecule has 0 saturated carbocycles. The van der Waals surface area contributed by atoms with Crippen LogP contribution < -0.4 is 10.6 Å². The lowest BCUT2D eigenvalue weighted by Crippen LogP contribution is -2.38. The average Bonchev–Trinajstić information content (AvgIpc) is 2.29. The number of amides is 2. The molecule has 2 N–H and O–H groups in total. The molecule has 0 bridgehead atoms. The van der Waals surface area contributed by atoms with Crippen molar-refractivity contribution in [3.8, 4) is 0 Å². The van der Waals surface area contributed by atoms with E-state index in [0.29, 0.717) is 19.6 Å². The molecule has 0 spiro atoms. The second kappa shape index (κ2) is 6.73. The highest BCUT2D eigenvalue weighted by atomic mass is 16.2. The largest absolute Gasteiger partial charge is 0.337 e. The third-order valence-corrected chi connectivity index (χ3v) is 1.89. The summed E-state index contributed by atoms with van der Waals surface area (Å²) in [6.07, 6.45) is 3.41. The van der Waals surface area contributed by atoms with Gasteiger partial charge in [-0.05, 0) is 6.07 Å². The molecule has 88 valence electrons. The van der Waals surface area contributed by atoms with Crippen LogP contribution in [0.25, 0.3) is 0 Å². The minimum Gasteiger partial charge on any atom is -0.337 e. The first-order valence-electron chi connectivity index (χ1n) is 5.12. The highest BCUT2D eigenvalue weighted by Crippen LogP contribution is 1.85. The van der Waals surface area contributed by atoms with Crippen molar-refractivity contribution in [2.24, 2.45) is 0 Å². The summed E-state index contributed by atoms with van der Waals surface area (Å²) in [6.45, 7) is 1.89. The van der Waals surface area contributed by atoms with Crippen LogP contribution in [0.15, 0.2) is 18.5 Å². The Labute approximate surface area is 95.1 Å². The monoisotopic (exact) mass is 223 g/mol. The van der Waals surface area contributed by atoms with Crippen LogP contribution in [-0.2, 0) is 6.54 Å². The first-order valence-corrected chi connectivity index (χ1v) is 5.12. The van der Waals surface area contributed by atoms with Gasteiger partial charge in [0.2, 0.25) is 0 Å². The van der Waals surface area contributed by atoms with Crippen LogP contribution in [0.5, 0.6) is 0 Å². The molecule has 0 atom stereocenters. The van der Waals surface area contributed by atoms with E-state index in [1.165, 1.54) is 4.90 Å². The van der Waals surface area contributed by atoms with E-state index in [1.807, 2.05) is 0 Å². The van der Waals surface area contributed by atoms with Gasteiger partial charge in [-0.1, -0.05) is 0 Å². The topological polar surface area (TPSA) is 70.2 Å². The van der Waals surface area contributed by atoms with Gasteiger partial charge < -0.3 is 15.5 Å². The molecule has 0 fully saturated rings. The Morgan fingerprint density at radius 3 is 2.62 bits per heavy atom.